The zero-order valence-corrected chi connectivity index (χ0v) is 10.7. The van der Waals surface area contributed by atoms with Crippen molar-refractivity contribution < 1.29 is 4.39 Å². The molecule has 1 aromatic carbocycles. The highest BCUT2D eigenvalue weighted by Gasteiger charge is 2.09. The summed E-state index contributed by atoms with van der Waals surface area (Å²) >= 11 is 3.27. The number of aromatic nitrogens is 1. The van der Waals surface area contributed by atoms with Crippen molar-refractivity contribution in [3.05, 3.63) is 46.2 Å². The van der Waals surface area contributed by atoms with Crippen LogP contribution in [0.4, 0.5) is 10.2 Å². The largest absolute Gasteiger partial charge is 0.307 e. The minimum atomic E-state index is -0.337. The van der Waals surface area contributed by atoms with Gasteiger partial charge < -0.3 is 5.43 Å². The van der Waals surface area contributed by atoms with E-state index in [4.69, 9.17) is 11.1 Å². The molecule has 18 heavy (non-hydrogen) atoms. The molecule has 3 N–H and O–H groups in total. The molecule has 1 heterocycles. The fourth-order valence-corrected chi connectivity index (χ4v) is 2.06. The minimum Gasteiger partial charge on any atom is -0.307 e. The maximum absolute atomic E-state index is 13.0. The van der Waals surface area contributed by atoms with Crippen molar-refractivity contribution in [2.75, 3.05) is 5.43 Å². The van der Waals surface area contributed by atoms with Crippen LogP contribution in [0.2, 0.25) is 0 Å². The van der Waals surface area contributed by atoms with Crippen molar-refractivity contribution in [2.45, 2.75) is 0 Å². The number of hydrogen-bond acceptors (Lipinski definition) is 4. The summed E-state index contributed by atoms with van der Waals surface area (Å²) in [5.74, 6) is 5.25. The van der Waals surface area contributed by atoms with Crippen molar-refractivity contribution >= 4 is 21.7 Å². The fraction of sp³-hybridized carbons (Fsp3) is 0. The third kappa shape index (κ3) is 2.32. The number of hydrazine groups is 1. The Labute approximate surface area is 111 Å². The van der Waals surface area contributed by atoms with E-state index in [2.05, 4.69) is 26.3 Å². The quantitative estimate of drug-likeness (QED) is 0.661. The van der Waals surface area contributed by atoms with Crippen molar-refractivity contribution in [1.29, 1.82) is 5.26 Å². The average Bonchev–Trinajstić information content (AvgIpc) is 2.38. The number of benzene rings is 1. The minimum absolute atomic E-state index is 0.284. The number of hydrogen-bond donors (Lipinski definition) is 2. The molecule has 90 valence electrons. The van der Waals surface area contributed by atoms with E-state index in [1.807, 2.05) is 6.07 Å². The molecule has 0 saturated heterocycles. The van der Waals surface area contributed by atoms with Crippen LogP contribution in [0, 0.1) is 17.1 Å². The fourth-order valence-electron chi connectivity index (χ4n) is 1.51. The number of anilines is 1. The van der Waals surface area contributed by atoms with E-state index in [1.165, 1.54) is 12.1 Å². The summed E-state index contributed by atoms with van der Waals surface area (Å²) in [5, 5.41) is 8.86. The standard InChI is InChI=1S/C12H8BrFN4/c13-10-5-8(14)2-3-9(10)11-4-1-7(6-15)12(17-11)18-16/h1-5H,16H2,(H,17,18). The van der Waals surface area contributed by atoms with E-state index in [1.54, 1.807) is 18.2 Å². The lowest BCUT2D eigenvalue weighted by Crippen LogP contribution is -2.10. The smallest absolute Gasteiger partial charge is 0.158 e. The summed E-state index contributed by atoms with van der Waals surface area (Å²) in [6.45, 7) is 0. The van der Waals surface area contributed by atoms with Crippen LogP contribution in [-0.2, 0) is 0 Å². The van der Waals surface area contributed by atoms with Crippen LogP contribution >= 0.6 is 15.9 Å². The zero-order valence-electron chi connectivity index (χ0n) is 9.11. The van der Waals surface area contributed by atoms with Gasteiger partial charge in [0.25, 0.3) is 0 Å². The first-order chi connectivity index (χ1) is 8.65. The molecule has 0 spiro atoms. The maximum Gasteiger partial charge on any atom is 0.158 e. The molecule has 0 aliphatic rings. The number of pyridine rings is 1. The van der Waals surface area contributed by atoms with E-state index in [0.717, 1.165) is 5.56 Å². The van der Waals surface area contributed by atoms with Crippen LogP contribution in [0.3, 0.4) is 0 Å². The topological polar surface area (TPSA) is 74.7 Å². The van der Waals surface area contributed by atoms with E-state index >= 15 is 0 Å². The molecule has 0 bridgehead atoms. The first kappa shape index (κ1) is 12.5. The van der Waals surface area contributed by atoms with Crippen molar-refractivity contribution in [2.24, 2.45) is 5.84 Å². The van der Waals surface area contributed by atoms with Gasteiger partial charge in [0.15, 0.2) is 5.82 Å². The molecular formula is C12H8BrFN4. The lowest BCUT2D eigenvalue weighted by molar-refractivity contribution is 0.627. The lowest BCUT2D eigenvalue weighted by atomic mass is 10.1. The van der Waals surface area contributed by atoms with Gasteiger partial charge in [0.2, 0.25) is 0 Å². The van der Waals surface area contributed by atoms with Gasteiger partial charge in [-0.2, -0.15) is 5.26 Å². The number of nitrogen functional groups attached to an aromatic ring is 1. The molecule has 0 aliphatic carbocycles. The van der Waals surface area contributed by atoms with E-state index in [-0.39, 0.29) is 11.6 Å². The van der Waals surface area contributed by atoms with Gasteiger partial charge in [-0.25, -0.2) is 15.2 Å². The summed E-state index contributed by atoms with van der Waals surface area (Å²) in [4.78, 5) is 4.21. The maximum atomic E-state index is 13.0. The molecule has 0 unspecified atom stereocenters. The van der Waals surface area contributed by atoms with Crippen molar-refractivity contribution in [3.8, 4) is 17.3 Å². The van der Waals surface area contributed by atoms with Gasteiger partial charge in [-0.05, 0) is 46.3 Å². The van der Waals surface area contributed by atoms with Crippen LogP contribution in [-0.4, -0.2) is 4.98 Å². The summed E-state index contributed by atoms with van der Waals surface area (Å²) in [5.41, 5.74) is 4.02. The third-order valence-corrected chi connectivity index (χ3v) is 3.02. The van der Waals surface area contributed by atoms with Crippen LogP contribution in [0.1, 0.15) is 5.56 Å². The van der Waals surface area contributed by atoms with E-state index in [0.29, 0.717) is 15.7 Å². The zero-order chi connectivity index (χ0) is 13.1. The molecule has 4 nitrogen and oxygen atoms in total. The van der Waals surface area contributed by atoms with Crippen molar-refractivity contribution in [1.82, 2.24) is 4.98 Å². The second-order valence-electron chi connectivity index (χ2n) is 3.47. The highest BCUT2D eigenvalue weighted by atomic mass is 79.9. The first-order valence-electron chi connectivity index (χ1n) is 4.99. The molecule has 0 atom stereocenters. The van der Waals surface area contributed by atoms with Gasteiger partial charge in [-0.15, -0.1) is 0 Å². The van der Waals surface area contributed by atoms with Gasteiger partial charge in [-0.3, -0.25) is 0 Å². The molecule has 0 radical (unpaired) electrons. The Balaban J connectivity index is 2.55. The molecule has 0 saturated carbocycles. The number of nitriles is 1. The molecule has 0 amide bonds. The molecule has 2 rings (SSSR count). The summed E-state index contributed by atoms with van der Waals surface area (Å²) in [7, 11) is 0. The monoisotopic (exact) mass is 306 g/mol. The second kappa shape index (κ2) is 5.12. The molecular weight excluding hydrogens is 299 g/mol. The number of rotatable bonds is 2. The Bertz CT molecular complexity index is 636. The third-order valence-electron chi connectivity index (χ3n) is 2.36. The van der Waals surface area contributed by atoms with Crippen molar-refractivity contribution in [3.63, 3.8) is 0 Å². The van der Waals surface area contributed by atoms with Gasteiger partial charge in [0.05, 0.1) is 11.3 Å². The second-order valence-corrected chi connectivity index (χ2v) is 4.33. The number of nitrogens with one attached hydrogen (secondary N) is 1. The molecule has 6 heteroatoms. The Morgan fingerprint density at radius 1 is 1.33 bits per heavy atom. The molecule has 0 fully saturated rings. The van der Waals surface area contributed by atoms with Gasteiger partial charge in [0, 0.05) is 10.0 Å². The predicted molar refractivity (Wildman–Crippen MR) is 69.9 cm³/mol. The Kier molecular flexibility index (Phi) is 3.55. The number of nitrogens with zero attached hydrogens (tertiary/aromatic N) is 2. The highest BCUT2D eigenvalue weighted by Crippen LogP contribution is 2.28. The van der Waals surface area contributed by atoms with Crippen LogP contribution in [0.5, 0.6) is 0 Å². The van der Waals surface area contributed by atoms with Gasteiger partial charge >= 0.3 is 0 Å². The summed E-state index contributed by atoms with van der Waals surface area (Å²) in [6, 6.07) is 9.55. The molecule has 2 aromatic rings. The SMILES string of the molecule is N#Cc1ccc(-c2ccc(F)cc2Br)nc1NN. The van der Waals surface area contributed by atoms with Crippen LogP contribution < -0.4 is 11.3 Å². The Morgan fingerprint density at radius 2 is 2.11 bits per heavy atom. The van der Waals surface area contributed by atoms with Gasteiger partial charge in [-0.1, -0.05) is 0 Å². The number of nitrogens with two attached hydrogens (primary N) is 1. The van der Waals surface area contributed by atoms with Gasteiger partial charge in [0.1, 0.15) is 11.9 Å². The summed E-state index contributed by atoms with van der Waals surface area (Å²) in [6.07, 6.45) is 0. The lowest BCUT2D eigenvalue weighted by Gasteiger charge is -2.07. The highest BCUT2D eigenvalue weighted by molar-refractivity contribution is 9.10. The Morgan fingerprint density at radius 3 is 2.72 bits per heavy atom. The van der Waals surface area contributed by atoms with Crippen LogP contribution in [0.15, 0.2) is 34.8 Å². The normalized spacial score (nSPS) is 9.89. The first-order valence-corrected chi connectivity index (χ1v) is 5.78. The van der Waals surface area contributed by atoms with E-state index < -0.39 is 0 Å². The summed E-state index contributed by atoms with van der Waals surface area (Å²) < 4.78 is 13.6. The predicted octanol–water partition coefficient (Wildman–Crippen LogP) is 2.81. The number of halogens is 2. The molecule has 0 aliphatic heterocycles. The van der Waals surface area contributed by atoms with Crippen LogP contribution in [0.25, 0.3) is 11.3 Å². The average molecular weight is 307 g/mol. The van der Waals surface area contributed by atoms with E-state index in [9.17, 15) is 4.39 Å². The molecule has 1 aromatic heterocycles. The Hall–Kier alpha value is -1.97.